The lowest BCUT2D eigenvalue weighted by Crippen LogP contribution is -2.59. The Morgan fingerprint density at radius 2 is 1.26 bits per heavy atom. The molecule has 0 bridgehead atoms. The topological polar surface area (TPSA) is 21.3 Å². The number of para-hydroxylation sites is 1. The summed E-state index contributed by atoms with van der Waals surface area (Å²) in [6.07, 6.45) is 2.33. The van der Waals surface area contributed by atoms with Crippen LogP contribution in [0.25, 0.3) is 90.8 Å². The highest BCUT2D eigenvalue weighted by molar-refractivity contribution is 7.32. The Morgan fingerprint density at radius 3 is 2.00 bits per heavy atom. The first kappa shape index (κ1) is 39.4. The zero-order chi connectivity index (χ0) is 45.1. The Hall–Kier alpha value is -5.82. The SMILES string of the molecule is CC(C)(C)c1ccc(N2B3c4sc5ccc(C(C)(C)C)cc5c4-n4c5cc6c(cc5c5c7oc8ccccc8c7c(c3c54)-c3cc4c(cc32)sc2ccccc24)C(C)(C)CCC6(C)C)cc1. The molecule has 0 spiro atoms. The largest absolute Gasteiger partial charge is 0.455 e. The number of furan rings is 1. The summed E-state index contributed by atoms with van der Waals surface area (Å²) >= 11 is 3.91. The van der Waals surface area contributed by atoms with Crippen LogP contribution in [0.2, 0.25) is 0 Å². The van der Waals surface area contributed by atoms with Crippen molar-refractivity contribution in [3.8, 4) is 16.8 Å². The average Bonchev–Trinajstić information content (AvgIpc) is 4.04. The van der Waals surface area contributed by atoms with Crippen LogP contribution in [-0.2, 0) is 21.7 Å². The van der Waals surface area contributed by atoms with Crippen LogP contribution >= 0.6 is 22.7 Å². The molecule has 0 radical (unpaired) electrons. The maximum absolute atomic E-state index is 7.36. The predicted molar refractivity (Wildman–Crippen MR) is 288 cm³/mol. The molecule has 1 aliphatic carbocycles. The first-order chi connectivity index (χ1) is 31.5. The van der Waals surface area contributed by atoms with Crippen molar-refractivity contribution in [1.29, 1.82) is 0 Å². The number of aromatic nitrogens is 1. The van der Waals surface area contributed by atoms with Gasteiger partial charge in [0.2, 0.25) is 0 Å². The van der Waals surface area contributed by atoms with Gasteiger partial charge in [0.25, 0.3) is 0 Å². The summed E-state index contributed by atoms with van der Waals surface area (Å²) < 4.78 is 15.5. The molecule has 66 heavy (non-hydrogen) atoms. The molecule has 11 aromatic rings. The van der Waals surface area contributed by atoms with Gasteiger partial charge in [0.15, 0.2) is 0 Å². The highest BCUT2D eigenvalue weighted by atomic mass is 32.1. The summed E-state index contributed by atoms with van der Waals surface area (Å²) in [6, 6.07) is 45.0. The van der Waals surface area contributed by atoms with Crippen molar-refractivity contribution >= 4 is 125 Å². The zero-order valence-electron chi connectivity index (χ0n) is 39.6. The van der Waals surface area contributed by atoms with Crippen molar-refractivity contribution < 1.29 is 4.42 Å². The normalized spacial score (nSPS) is 16.4. The third-order valence-corrected chi connectivity index (χ3v) is 18.5. The molecular formula is C60H53BN2OS2. The van der Waals surface area contributed by atoms with Crippen molar-refractivity contribution in [3.05, 3.63) is 138 Å². The minimum atomic E-state index is -0.0924. The van der Waals surface area contributed by atoms with E-state index in [0.717, 1.165) is 24.0 Å². The van der Waals surface area contributed by atoms with Crippen LogP contribution in [0.1, 0.15) is 104 Å². The maximum Gasteiger partial charge on any atom is 0.343 e. The molecule has 0 atom stereocenters. The average molecular weight is 893 g/mol. The highest BCUT2D eigenvalue weighted by Gasteiger charge is 2.48. The number of thiophene rings is 2. The van der Waals surface area contributed by atoms with Gasteiger partial charge in [-0.1, -0.05) is 124 Å². The highest BCUT2D eigenvalue weighted by Crippen LogP contribution is 2.56. The first-order valence-electron chi connectivity index (χ1n) is 23.9. The number of nitrogens with zero attached hydrogens (tertiary/aromatic N) is 2. The van der Waals surface area contributed by atoms with Crippen LogP contribution in [0.3, 0.4) is 0 Å². The van der Waals surface area contributed by atoms with E-state index in [9.17, 15) is 0 Å². The monoisotopic (exact) mass is 892 g/mol. The Kier molecular flexibility index (Phi) is 7.50. The maximum atomic E-state index is 7.36. The fraction of sp³-hybridized carbons (Fsp3) is 0.267. The van der Waals surface area contributed by atoms with E-state index in [1.54, 1.807) is 0 Å². The Bertz CT molecular complexity index is 3970. The second kappa shape index (κ2) is 12.6. The molecule has 0 unspecified atom stereocenters. The summed E-state index contributed by atoms with van der Waals surface area (Å²) in [4.78, 5) is 2.73. The molecule has 6 heterocycles. The van der Waals surface area contributed by atoms with Gasteiger partial charge in [-0.05, 0) is 128 Å². The zero-order valence-corrected chi connectivity index (χ0v) is 41.2. The quantitative estimate of drug-likeness (QED) is 0.153. The minimum Gasteiger partial charge on any atom is -0.455 e. The number of hydrogen-bond donors (Lipinski definition) is 0. The molecule has 324 valence electrons. The molecular weight excluding hydrogens is 840 g/mol. The summed E-state index contributed by atoms with van der Waals surface area (Å²) in [5.41, 5.74) is 18.1. The van der Waals surface area contributed by atoms with Crippen molar-refractivity contribution in [1.82, 2.24) is 4.57 Å². The molecule has 0 N–H and O–H groups in total. The van der Waals surface area contributed by atoms with Crippen LogP contribution in [0.4, 0.5) is 11.4 Å². The van der Waals surface area contributed by atoms with E-state index in [1.165, 1.54) is 124 Å². The molecule has 7 aromatic carbocycles. The van der Waals surface area contributed by atoms with Gasteiger partial charge < -0.3 is 13.8 Å². The summed E-state index contributed by atoms with van der Waals surface area (Å²) in [5, 5.41) is 8.92. The van der Waals surface area contributed by atoms with E-state index >= 15 is 0 Å². The van der Waals surface area contributed by atoms with Crippen molar-refractivity contribution in [2.75, 3.05) is 4.81 Å². The van der Waals surface area contributed by atoms with Crippen molar-refractivity contribution in [3.63, 3.8) is 0 Å². The predicted octanol–water partition coefficient (Wildman–Crippen LogP) is 16.4. The second-order valence-electron chi connectivity index (χ2n) is 23.1. The van der Waals surface area contributed by atoms with E-state index in [2.05, 4.69) is 194 Å². The molecule has 0 saturated heterocycles. The van der Waals surface area contributed by atoms with Crippen LogP contribution in [0.5, 0.6) is 0 Å². The molecule has 3 nitrogen and oxygen atoms in total. The molecule has 2 aliphatic heterocycles. The van der Waals surface area contributed by atoms with Crippen molar-refractivity contribution in [2.45, 2.75) is 104 Å². The first-order valence-corrected chi connectivity index (χ1v) is 25.5. The fourth-order valence-electron chi connectivity index (χ4n) is 12.4. The third kappa shape index (κ3) is 5.05. The van der Waals surface area contributed by atoms with Crippen LogP contribution in [0, 0.1) is 0 Å². The molecule has 4 aromatic heterocycles. The van der Waals surface area contributed by atoms with Crippen LogP contribution < -0.4 is 15.1 Å². The van der Waals surface area contributed by atoms with Gasteiger partial charge in [-0.3, -0.25) is 0 Å². The number of hydrogen-bond acceptors (Lipinski definition) is 4. The number of fused-ring (bicyclic) bond motifs is 19. The minimum absolute atomic E-state index is 0.00775. The Balaban J connectivity index is 1.25. The number of benzene rings is 7. The lowest BCUT2D eigenvalue weighted by atomic mass is 9.47. The number of rotatable bonds is 1. The molecule has 6 heteroatoms. The van der Waals surface area contributed by atoms with Gasteiger partial charge in [0.1, 0.15) is 11.2 Å². The van der Waals surface area contributed by atoms with E-state index in [1.807, 2.05) is 22.7 Å². The molecule has 3 aliphatic rings. The summed E-state index contributed by atoms with van der Waals surface area (Å²) in [5.74, 6) is 0. The van der Waals surface area contributed by atoms with E-state index in [-0.39, 0.29) is 28.5 Å². The summed E-state index contributed by atoms with van der Waals surface area (Å²) in [6.45, 7) is 23.8. The van der Waals surface area contributed by atoms with Gasteiger partial charge in [0, 0.05) is 68.1 Å². The molecule has 0 saturated carbocycles. The second-order valence-corrected chi connectivity index (χ2v) is 25.3. The molecule has 0 fully saturated rings. The molecule has 14 rings (SSSR count). The van der Waals surface area contributed by atoms with Gasteiger partial charge in [-0.15, -0.1) is 22.7 Å². The van der Waals surface area contributed by atoms with Crippen LogP contribution in [-0.4, -0.2) is 11.4 Å². The lowest BCUT2D eigenvalue weighted by molar-refractivity contribution is 0.332. The lowest BCUT2D eigenvalue weighted by Gasteiger charge is -2.42. The van der Waals surface area contributed by atoms with Crippen LogP contribution in [0.15, 0.2) is 120 Å². The molecule has 0 amide bonds. The van der Waals surface area contributed by atoms with Gasteiger partial charge in [-0.2, -0.15) is 0 Å². The van der Waals surface area contributed by atoms with Gasteiger partial charge >= 0.3 is 6.85 Å². The fourth-order valence-corrected chi connectivity index (χ4v) is 14.8. The van der Waals surface area contributed by atoms with Gasteiger partial charge in [0.05, 0.1) is 22.1 Å². The van der Waals surface area contributed by atoms with Crippen molar-refractivity contribution in [2.24, 2.45) is 0 Å². The van der Waals surface area contributed by atoms with E-state index < -0.39 is 0 Å². The standard InChI is InChI=1S/C60H53BN2OS2/c1-57(2,3)32-19-22-34(23-20-32)63-44-31-48-37(35-15-12-14-18-46(35)65-48)28-38(44)49-50-36-16-11-13-17-45(36)64-55(50)51-39-29-41-42(60(9,10)26-25-59(41,7)8)30-43(39)62-53-40-27-33(58(4,5)6)21-24-47(40)66-56(53)61(63)52(49)54(51)62/h11-24,27-31H,25-26H2,1-10H3. The summed E-state index contributed by atoms with van der Waals surface area (Å²) in [7, 11) is 0. The van der Waals surface area contributed by atoms with E-state index in [0.29, 0.717) is 0 Å². The number of anilines is 2. The third-order valence-electron chi connectivity index (χ3n) is 16.1. The van der Waals surface area contributed by atoms with Gasteiger partial charge in [-0.25, -0.2) is 0 Å². The van der Waals surface area contributed by atoms with E-state index in [4.69, 9.17) is 4.42 Å². The Labute approximate surface area is 394 Å². The Morgan fingerprint density at radius 1 is 0.591 bits per heavy atom. The smallest absolute Gasteiger partial charge is 0.343 e.